The Morgan fingerprint density at radius 2 is 1.86 bits per heavy atom. The molecule has 2 rings (SSSR count). The molecule has 3 heteroatoms. The van der Waals surface area contributed by atoms with Crippen LogP contribution in [0, 0.1) is 0 Å². The van der Waals surface area contributed by atoms with Crippen LogP contribution in [0.15, 0.2) is 48.5 Å². The summed E-state index contributed by atoms with van der Waals surface area (Å²) in [5.74, 6) is -0.352. The fraction of sp³-hybridized carbons (Fsp3) is 0.278. The SMILES string of the molecule is CC(C)OCCOC(=O)/C=C/c1cccc2ccccc12. The second-order valence-corrected chi connectivity index (χ2v) is 4.99. The van der Waals surface area contributed by atoms with Crippen LogP contribution in [0.25, 0.3) is 16.8 Å². The van der Waals surface area contributed by atoms with Crippen LogP contribution in [-0.2, 0) is 14.3 Å². The van der Waals surface area contributed by atoms with Crippen molar-refractivity contribution in [2.45, 2.75) is 20.0 Å². The number of benzene rings is 2. The second kappa shape index (κ2) is 7.60. The van der Waals surface area contributed by atoms with Gasteiger partial charge in [0, 0.05) is 6.08 Å². The first-order valence-corrected chi connectivity index (χ1v) is 7.11. The molecule has 0 fully saturated rings. The van der Waals surface area contributed by atoms with E-state index in [-0.39, 0.29) is 18.7 Å². The maximum Gasteiger partial charge on any atom is 0.330 e. The predicted molar refractivity (Wildman–Crippen MR) is 85.0 cm³/mol. The summed E-state index contributed by atoms with van der Waals surface area (Å²) in [5, 5.41) is 2.27. The van der Waals surface area contributed by atoms with Crippen molar-refractivity contribution in [1.29, 1.82) is 0 Å². The van der Waals surface area contributed by atoms with Gasteiger partial charge in [-0.05, 0) is 36.3 Å². The summed E-state index contributed by atoms with van der Waals surface area (Å²) in [6.45, 7) is 4.59. The Kier molecular flexibility index (Phi) is 5.52. The van der Waals surface area contributed by atoms with E-state index in [1.165, 1.54) is 6.08 Å². The molecule has 0 saturated heterocycles. The molecule has 21 heavy (non-hydrogen) atoms. The van der Waals surface area contributed by atoms with Crippen molar-refractivity contribution in [2.75, 3.05) is 13.2 Å². The highest BCUT2D eigenvalue weighted by Crippen LogP contribution is 2.19. The van der Waals surface area contributed by atoms with E-state index in [4.69, 9.17) is 9.47 Å². The predicted octanol–water partition coefficient (Wildman–Crippen LogP) is 3.82. The third kappa shape index (κ3) is 4.72. The molecule has 0 aromatic heterocycles. The van der Waals surface area contributed by atoms with Crippen LogP contribution >= 0.6 is 0 Å². The summed E-state index contributed by atoms with van der Waals surface area (Å²) < 4.78 is 10.4. The summed E-state index contributed by atoms with van der Waals surface area (Å²) >= 11 is 0. The Labute approximate surface area is 125 Å². The van der Waals surface area contributed by atoms with E-state index < -0.39 is 0 Å². The minimum Gasteiger partial charge on any atom is -0.460 e. The number of esters is 1. The molecule has 0 unspecified atom stereocenters. The second-order valence-electron chi connectivity index (χ2n) is 4.99. The third-order valence-corrected chi connectivity index (χ3v) is 3.00. The minimum atomic E-state index is -0.352. The van der Waals surface area contributed by atoms with Crippen LogP contribution in [0.1, 0.15) is 19.4 Å². The van der Waals surface area contributed by atoms with Crippen molar-refractivity contribution in [2.24, 2.45) is 0 Å². The Morgan fingerprint density at radius 1 is 1.10 bits per heavy atom. The molecule has 0 N–H and O–H groups in total. The standard InChI is InChI=1S/C18H20O3/c1-14(2)20-12-13-21-18(19)11-10-16-8-5-7-15-6-3-4-9-17(15)16/h3-11,14H,12-13H2,1-2H3/b11-10+. The molecule has 2 aromatic rings. The van der Waals surface area contributed by atoms with Gasteiger partial charge in [0.2, 0.25) is 0 Å². The van der Waals surface area contributed by atoms with Gasteiger partial charge in [-0.15, -0.1) is 0 Å². The lowest BCUT2D eigenvalue weighted by atomic mass is 10.0. The highest BCUT2D eigenvalue weighted by atomic mass is 16.6. The zero-order chi connectivity index (χ0) is 15.1. The summed E-state index contributed by atoms with van der Waals surface area (Å²) in [7, 11) is 0. The molecule has 0 radical (unpaired) electrons. The smallest absolute Gasteiger partial charge is 0.330 e. The van der Waals surface area contributed by atoms with Gasteiger partial charge in [0.1, 0.15) is 6.61 Å². The molecule has 0 saturated carbocycles. The van der Waals surface area contributed by atoms with E-state index in [2.05, 4.69) is 0 Å². The fourth-order valence-electron chi connectivity index (χ4n) is 2.03. The Bertz CT molecular complexity index is 624. The normalized spacial score (nSPS) is 11.4. The molecule has 0 aliphatic rings. The minimum absolute atomic E-state index is 0.148. The highest BCUT2D eigenvalue weighted by Gasteiger charge is 2.00. The number of carbonyl (C=O) groups excluding carboxylic acids is 1. The number of rotatable bonds is 6. The van der Waals surface area contributed by atoms with Crippen LogP contribution < -0.4 is 0 Å². The molecule has 0 heterocycles. The van der Waals surface area contributed by atoms with E-state index in [1.807, 2.05) is 56.3 Å². The Hall–Kier alpha value is -2.13. The monoisotopic (exact) mass is 284 g/mol. The van der Waals surface area contributed by atoms with Gasteiger partial charge in [0.25, 0.3) is 0 Å². The van der Waals surface area contributed by atoms with Gasteiger partial charge in [0.15, 0.2) is 0 Å². The molecule has 0 amide bonds. The van der Waals surface area contributed by atoms with E-state index in [9.17, 15) is 4.79 Å². The van der Waals surface area contributed by atoms with Gasteiger partial charge in [-0.2, -0.15) is 0 Å². The first kappa shape index (κ1) is 15.3. The topological polar surface area (TPSA) is 35.5 Å². The summed E-state index contributed by atoms with van der Waals surface area (Å²) in [6.07, 6.45) is 3.39. The molecule has 0 aliphatic carbocycles. The summed E-state index contributed by atoms with van der Waals surface area (Å²) in [4.78, 5) is 11.6. The van der Waals surface area contributed by atoms with E-state index in [0.717, 1.165) is 16.3 Å². The number of carbonyl (C=O) groups is 1. The zero-order valence-corrected chi connectivity index (χ0v) is 12.4. The van der Waals surface area contributed by atoms with Crippen LogP contribution in [-0.4, -0.2) is 25.3 Å². The van der Waals surface area contributed by atoms with Crippen molar-refractivity contribution in [3.05, 3.63) is 54.1 Å². The van der Waals surface area contributed by atoms with Gasteiger partial charge in [-0.25, -0.2) is 4.79 Å². The molecular formula is C18H20O3. The quantitative estimate of drug-likeness (QED) is 0.459. The fourth-order valence-corrected chi connectivity index (χ4v) is 2.03. The van der Waals surface area contributed by atoms with Gasteiger partial charge in [-0.1, -0.05) is 42.5 Å². The average molecular weight is 284 g/mol. The van der Waals surface area contributed by atoms with Crippen LogP contribution in [0.2, 0.25) is 0 Å². The van der Waals surface area contributed by atoms with Crippen LogP contribution in [0.4, 0.5) is 0 Å². The third-order valence-electron chi connectivity index (χ3n) is 3.00. The number of hydrogen-bond donors (Lipinski definition) is 0. The van der Waals surface area contributed by atoms with Crippen molar-refractivity contribution in [3.8, 4) is 0 Å². The van der Waals surface area contributed by atoms with Gasteiger partial charge >= 0.3 is 5.97 Å². The van der Waals surface area contributed by atoms with Gasteiger partial charge in [0.05, 0.1) is 12.7 Å². The van der Waals surface area contributed by atoms with Crippen LogP contribution in [0.3, 0.4) is 0 Å². The number of ether oxygens (including phenoxy) is 2. The summed E-state index contributed by atoms with van der Waals surface area (Å²) in [6, 6.07) is 14.1. The number of fused-ring (bicyclic) bond motifs is 1. The molecule has 0 atom stereocenters. The van der Waals surface area contributed by atoms with E-state index >= 15 is 0 Å². The summed E-state index contributed by atoms with van der Waals surface area (Å²) in [5.41, 5.74) is 1.00. The lowest BCUT2D eigenvalue weighted by molar-refractivity contribution is -0.139. The van der Waals surface area contributed by atoms with Gasteiger partial charge < -0.3 is 9.47 Å². The average Bonchev–Trinajstić information content (AvgIpc) is 2.49. The van der Waals surface area contributed by atoms with Crippen molar-refractivity contribution in [1.82, 2.24) is 0 Å². The van der Waals surface area contributed by atoms with E-state index in [0.29, 0.717) is 6.61 Å². The van der Waals surface area contributed by atoms with Crippen molar-refractivity contribution >= 4 is 22.8 Å². The van der Waals surface area contributed by atoms with E-state index in [1.54, 1.807) is 6.08 Å². The maximum atomic E-state index is 11.6. The Balaban J connectivity index is 1.95. The lowest BCUT2D eigenvalue weighted by Crippen LogP contribution is -2.12. The molecule has 0 aliphatic heterocycles. The maximum absolute atomic E-state index is 11.6. The van der Waals surface area contributed by atoms with Gasteiger partial charge in [-0.3, -0.25) is 0 Å². The zero-order valence-electron chi connectivity index (χ0n) is 12.4. The molecular weight excluding hydrogens is 264 g/mol. The first-order valence-electron chi connectivity index (χ1n) is 7.11. The lowest BCUT2D eigenvalue weighted by Gasteiger charge is -2.07. The Morgan fingerprint density at radius 3 is 2.67 bits per heavy atom. The largest absolute Gasteiger partial charge is 0.460 e. The van der Waals surface area contributed by atoms with Crippen LogP contribution in [0.5, 0.6) is 0 Å². The van der Waals surface area contributed by atoms with Crippen molar-refractivity contribution < 1.29 is 14.3 Å². The number of hydrogen-bond acceptors (Lipinski definition) is 3. The molecule has 0 bridgehead atoms. The first-order chi connectivity index (χ1) is 10.2. The molecule has 110 valence electrons. The highest BCUT2D eigenvalue weighted by molar-refractivity contribution is 5.94. The van der Waals surface area contributed by atoms with Crippen molar-refractivity contribution in [3.63, 3.8) is 0 Å². The molecule has 3 nitrogen and oxygen atoms in total. The molecule has 2 aromatic carbocycles. The molecule has 0 spiro atoms.